The molecule has 2 aromatic rings. The number of hydrogen-bond donors (Lipinski definition) is 8. The minimum Gasteiger partial charge on any atom is -0.394 e. The molecule has 2 aromatic heterocycles. The van der Waals surface area contributed by atoms with Crippen LogP contribution in [-0.2, 0) is 9.47 Å². The molecule has 16 heteroatoms. The first-order chi connectivity index (χ1) is 16.5. The highest BCUT2D eigenvalue weighted by Gasteiger charge is 2.43. The van der Waals surface area contributed by atoms with Crippen LogP contribution in [0.4, 0.5) is 0 Å². The van der Waals surface area contributed by atoms with Crippen LogP contribution in [0.5, 0.6) is 0 Å². The lowest BCUT2D eigenvalue weighted by Gasteiger charge is -2.18. The zero-order valence-corrected chi connectivity index (χ0v) is 18.6. The van der Waals surface area contributed by atoms with Crippen molar-refractivity contribution in [3.05, 3.63) is 65.7 Å². The molecule has 10 N–H and O–H groups in total. The van der Waals surface area contributed by atoms with Crippen LogP contribution in [0.3, 0.4) is 0 Å². The minimum atomic E-state index is -1.07. The third-order valence-electron chi connectivity index (χ3n) is 5.74. The number of nitrogens with zero attached hydrogens (tertiary/aromatic N) is 2. The third-order valence-corrected chi connectivity index (χ3v) is 5.74. The Hall–Kier alpha value is -2.96. The van der Waals surface area contributed by atoms with Crippen molar-refractivity contribution < 1.29 is 29.9 Å². The Morgan fingerprint density at radius 1 is 0.886 bits per heavy atom. The Bertz CT molecular complexity index is 1250. The molecule has 0 spiro atoms. The topological polar surface area (TPSA) is 261 Å². The van der Waals surface area contributed by atoms with Crippen molar-refractivity contribution in [3.63, 3.8) is 0 Å². The number of aromatic amines is 2. The van der Waals surface area contributed by atoms with Crippen molar-refractivity contribution in [1.29, 1.82) is 0 Å². The van der Waals surface area contributed by atoms with Crippen LogP contribution in [0.15, 0.2) is 37.6 Å². The predicted molar refractivity (Wildman–Crippen MR) is 117 cm³/mol. The summed E-state index contributed by atoms with van der Waals surface area (Å²) in [6, 6.07) is -0.559. The number of ether oxygens (including phenoxy) is 2. The smallest absolute Gasteiger partial charge is 0.330 e. The molecule has 0 aromatic carbocycles. The van der Waals surface area contributed by atoms with Gasteiger partial charge in [-0.15, -0.1) is 0 Å². The molecular formula is C19H28N6O10. The van der Waals surface area contributed by atoms with E-state index in [0.29, 0.717) is 5.56 Å². The number of aliphatic hydroxyl groups is 4. The van der Waals surface area contributed by atoms with Crippen LogP contribution in [-0.4, -0.2) is 89.2 Å². The molecule has 4 rings (SSSR count). The molecule has 2 fully saturated rings. The molecule has 2 saturated heterocycles. The lowest BCUT2D eigenvalue weighted by Crippen LogP contribution is -2.43. The maximum atomic E-state index is 11.7. The Morgan fingerprint density at radius 3 is 1.83 bits per heavy atom. The number of aromatic nitrogens is 4. The van der Waals surface area contributed by atoms with E-state index in [1.807, 2.05) is 0 Å². The second-order valence-corrected chi connectivity index (χ2v) is 8.13. The van der Waals surface area contributed by atoms with Gasteiger partial charge in [0.1, 0.15) is 24.4 Å². The molecule has 2 unspecified atom stereocenters. The van der Waals surface area contributed by atoms with Crippen LogP contribution in [0.25, 0.3) is 0 Å². The summed E-state index contributed by atoms with van der Waals surface area (Å²) in [5, 5.41) is 37.3. The highest BCUT2D eigenvalue weighted by molar-refractivity contribution is 5.03. The minimum absolute atomic E-state index is 0.326. The van der Waals surface area contributed by atoms with Gasteiger partial charge in [0.05, 0.1) is 25.3 Å². The van der Waals surface area contributed by atoms with Gasteiger partial charge in [-0.2, -0.15) is 0 Å². The summed E-state index contributed by atoms with van der Waals surface area (Å²) < 4.78 is 12.8. The predicted octanol–water partition coefficient (Wildman–Crippen LogP) is -5.46. The molecule has 194 valence electrons. The molecule has 4 heterocycles. The van der Waals surface area contributed by atoms with E-state index in [-0.39, 0.29) is 0 Å². The SMILES string of the molecule is Cc1cn([C@@H]2O[C@H](CO)[C@@H](O)C2N)c(=O)[nH]c1=O.NC1[C@H](n2ccc(=O)[nH]c2=O)O[C@H](CO)[C@H]1O. The number of aryl methyl sites for hydroxylation is 1. The van der Waals surface area contributed by atoms with Gasteiger partial charge in [-0.25, -0.2) is 9.59 Å². The van der Waals surface area contributed by atoms with Gasteiger partial charge in [0.25, 0.3) is 11.1 Å². The molecule has 0 amide bonds. The van der Waals surface area contributed by atoms with E-state index in [9.17, 15) is 29.4 Å². The van der Waals surface area contributed by atoms with E-state index in [0.717, 1.165) is 15.2 Å². The van der Waals surface area contributed by atoms with Crippen LogP contribution in [0.1, 0.15) is 18.0 Å². The van der Waals surface area contributed by atoms with Crippen LogP contribution in [0, 0.1) is 6.92 Å². The second kappa shape index (κ2) is 10.8. The lowest BCUT2D eigenvalue weighted by molar-refractivity contribution is -0.0465. The molecule has 2 aliphatic heterocycles. The van der Waals surface area contributed by atoms with Crippen molar-refractivity contribution in [2.75, 3.05) is 13.2 Å². The van der Waals surface area contributed by atoms with E-state index >= 15 is 0 Å². The van der Waals surface area contributed by atoms with E-state index in [1.165, 1.54) is 19.3 Å². The van der Waals surface area contributed by atoms with E-state index < -0.39 is 84.7 Å². The normalized spacial score (nSPS) is 32.3. The Morgan fingerprint density at radius 2 is 1.37 bits per heavy atom. The van der Waals surface area contributed by atoms with Crippen molar-refractivity contribution in [1.82, 2.24) is 19.1 Å². The van der Waals surface area contributed by atoms with Crippen molar-refractivity contribution in [3.8, 4) is 0 Å². The fourth-order valence-corrected chi connectivity index (χ4v) is 3.74. The number of H-pyrrole nitrogens is 2. The molecule has 2 aliphatic rings. The van der Waals surface area contributed by atoms with Gasteiger partial charge in [-0.05, 0) is 6.92 Å². The zero-order chi connectivity index (χ0) is 26.0. The molecule has 0 aliphatic carbocycles. The number of rotatable bonds is 4. The van der Waals surface area contributed by atoms with Crippen molar-refractivity contribution in [2.45, 2.75) is 55.9 Å². The lowest BCUT2D eigenvalue weighted by atomic mass is 10.1. The Balaban J connectivity index is 0.000000196. The summed E-state index contributed by atoms with van der Waals surface area (Å²) in [7, 11) is 0. The Kier molecular flexibility index (Phi) is 8.18. The molecule has 16 nitrogen and oxygen atoms in total. The number of nitrogens with one attached hydrogen (secondary N) is 2. The number of aliphatic hydroxyl groups excluding tert-OH is 4. The first-order valence-corrected chi connectivity index (χ1v) is 10.5. The van der Waals surface area contributed by atoms with Gasteiger partial charge in [0, 0.05) is 24.0 Å². The van der Waals surface area contributed by atoms with Crippen molar-refractivity contribution >= 4 is 0 Å². The summed E-state index contributed by atoms with van der Waals surface area (Å²) in [5.74, 6) is 0. The summed E-state index contributed by atoms with van der Waals surface area (Å²) in [4.78, 5) is 49.5. The molecule has 0 radical (unpaired) electrons. The standard InChI is InChI=1S/C10H15N3O5.C9H13N3O5/c1-4-2-13(10(17)12-8(4)16)9-6(11)7(15)5(3-14)18-9;10-6-7(15)4(3-13)17-8(6)12-2-1-5(14)11-9(12)16/h2,5-7,9,14-15H,3,11H2,1H3,(H,12,16,17);1-2,4,6-8,13,15H,3,10H2,(H,11,14,16)/t5-,6?,7-,9-;4-,6?,7-,8-/m11/s1. The Labute approximate surface area is 196 Å². The van der Waals surface area contributed by atoms with Crippen molar-refractivity contribution in [2.24, 2.45) is 11.5 Å². The molecule has 8 atom stereocenters. The maximum Gasteiger partial charge on any atom is 0.330 e. The molecular weight excluding hydrogens is 472 g/mol. The molecule has 35 heavy (non-hydrogen) atoms. The number of hydrogen-bond acceptors (Lipinski definition) is 12. The fraction of sp³-hybridized carbons (Fsp3) is 0.579. The first-order valence-electron chi connectivity index (χ1n) is 10.5. The van der Waals surface area contributed by atoms with E-state index in [1.54, 1.807) is 0 Å². The van der Waals surface area contributed by atoms with Gasteiger partial charge in [0.15, 0.2) is 12.5 Å². The highest BCUT2D eigenvalue weighted by Crippen LogP contribution is 2.27. The van der Waals surface area contributed by atoms with Gasteiger partial charge < -0.3 is 41.4 Å². The van der Waals surface area contributed by atoms with Gasteiger partial charge >= 0.3 is 11.4 Å². The average molecular weight is 500 g/mol. The van der Waals surface area contributed by atoms with Gasteiger partial charge in [0.2, 0.25) is 0 Å². The van der Waals surface area contributed by atoms with Crippen LogP contribution < -0.4 is 34.0 Å². The first kappa shape index (κ1) is 26.6. The second-order valence-electron chi connectivity index (χ2n) is 8.13. The summed E-state index contributed by atoms with van der Waals surface area (Å²) in [5.41, 5.74) is 9.39. The van der Waals surface area contributed by atoms with Crippen LogP contribution in [0.2, 0.25) is 0 Å². The van der Waals surface area contributed by atoms with Gasteiger partial charge in [-0.1, -0.05) is 0 Å². The zero-order valence-electron chi connectivity index (χ0n) is 18.6. The van der Waals surface area contributed by atoms with Crippen LogP contribution >= 0.6 is 0 Å². The summed E-state index contributed by atoms with van der Waals surface area (Å²) in [6.07, 6.45) is -3.09. The summed E-state index contributed by atoms with van der Waals surface area (Å²) in [6.45, 7) is 0.737. The van der Waals surface area contributed by atoms with E-state index in [2.05, 4.69) is 9.97 Å². The van der Waals surface area contributed by atoms with E-state index in [4.69, 9.17) is 31.2 Å². The maximum absolute atomic E-state index is 11.7. The highest BCUT2D eigenvalue weighted by atomic mass is 16.6. The monoisotopic (exact) mass is 500 g/mol. The molecule has 0 saturated carbocycles. The fourth-order valence-electron chi connectivity index (χ4n) is 3.74. The molecule has 0 bridgehead atoms. The average Bonchev–Trinajstić information content (AvgIpc) is 3.26. The quantitative estimate of drug-likeness (QED) is 0.195. The third kappa shape index (κ3) is 5.34. The summed E-state index contributed by atoms with van der Waals surface area (Å²) >= 11 is 0. The largest absolute Gasteiger partial charge is 0.394 e. The number of nitrogens with two attached hydrogens (primary N) is 2. The van der Waals surface area contributed by atoms with Gasteiger partial charge in [-0.3, -0.25) is 28.7 Å².